The number of benzene rings is 1. The van der Waals surface area contributed by atoms with Gasteiger partial charge in [0.15, 0.2) is 6.10 Å². The van der Waals surface area contributed by atoms with Gasteiger partial charge in [-0.2, -0.15) is 5.10 Å². The topological polar surface area (TPSA) is 69.0 Å². The zero-order valence-corrected chi connectivity index (χ0v) is 14.2. The van der Waals surface area contributed by atoms with Crippen molar-refractivity contribution in [3.63, 3.8) is 0 Å². The average Bonchev–Trinajstić information content (AvgIpc) is 3.02. The Morgan fingerprint density at radius 3 is 2.64 bits per heavy atom. The van der Waals surface area contributed by atoms with Crippen LogP contribution in [0, 0.1) is 0 Å². The number of aryl methyl sites for hydroxylation is 1. The fourth-order valence-corrected chi connectivity index (χ4v) is 2.41. The van der Waals surface area contributed by atoms with Crippen LogP contribution in [0.4, 0.5) is 0 Å². The molecule has 1 amide bonds. The van der Waals surface area contributed by atoms with E-state index in [9.17, 15) is 4.79 Å². The van der Waals surface area contributed by atoms with Crippen molar-refractivity contribution >= 4 is 5.91 Å². The number of amides is 1. The van der Waals surface area contributed by atoms with E-state index in [2.05, 4.69) is 15.4 Å². The number of carbonyl (C=O) groups is 1. The second-order valence-corrected chi connectivity index (χ2v) is 5.67. The number of para-hydroxylation sites is 1. The molecule has 1 unspecified atom stereocenters. The quantitative estimate of drug-likeness (QED) is 0.751. The van der Waals surface area contributed by atoms with E-state index in [0.29, 0.717) is 12.3 Å². The molecule has 1 N–H and O–H groups in total. The van der Waals surface area contributed by atoms with Crippen LogP contribution >= 0.6 is 0 Å². The Bertz CT molecular complexity index is 831. The zero-order chi connectivity index (χ0) is 17.6. The van der Waals surface area contributed by atoms with Crippen molar-refractivity contribution in [2.45, 2.75) is 19.6 Å². The maximum Gasteiger partial charge on any atom is 0.261 e. The highest BCUT2D eigenvalue weighted by atomic mass is 16.5. The summed E-state index contributed by atoms with van der Waals surface area (Å²) in [5.74, 6) is 0.501. The van der Waals surface area contributed by atoms with E-state index in [0.717, 1.165) is 17.0 Å². The monoisotopic (exact) mass is 336 g/mol. The molecule has 0 bridgehead atoms. The third-order valence-electron chi connectivity index (χ3n) is 3.82. The Balaban J connectivity index is 1.60. The molecular formula is C19H20N4O2. The van der Waals surface area contributed by atoms with Crippen LogP contribution in [0.3, 0.4) is 0 Å². The fourth-order valence-electron chi connectivity index (χ4n) is 2.41. The summed E-state index contributed by atoms with van der Waals surface area (Å²) in [5, 5.41) is 7.37. The standard InChI is InChI=1S/C19H20N4O2/c1-14(25-17-6-4-3-5-7-17)19(24)21-13-16-12-18(22-23(16)2)15-8-10-20-11-9-15/h3-12,14H,13H2,1-2H3,(H,21,24). The van der Waals surface area contributed by atoms with E-state index in [4.69, 9.17) is 4.74 Å². The molecule has 0 fully saturated rings. The Labute approximate surface area is 146 Å². The SMILES string of the molecule is CC(Oc1ccccc1)C(=O)NCc1cc(-c2ccncc2)nn1C. The van der Waals surface area contributed by atoms with E-state index >= 15 is 0 Å². The molecule has 0 aliphatic rings. The van der Waals surface area contributed by atoms with Gasteiger partial charge in [0.1, 0.15) is 5.75 Å². The Morgan fingerprint density at radius 1 is 1.20 bits per heavy atom. The van der Waals surface area contributed by atoms with Gasteiger partial charge in [-0.1, -0.05) is 18.2 Å². The molecule has 0 aliphatic heterocycles. The average molecular weight is 336 g/mol. The Morgan fingerprint density at radius 2 is 1.92 bits per heavy atom. The van der Waals surface area contributed by atoms with Crippen LogP contribution in [-0.2, 0) is 18.4 Å². The van der Waals surface area contributed by atoms with E-state index in [1.165, 1.54) is 0 Å². The summed E-state index contributed by atoms with van der Waals surface area (Å²) in [6, 6.07) is 15.1. The van der Waals surface area contributed by atoms with E-state index in [1.807, 2.05) is 55.6 Å². The maximum atomic E-state index is 12.2. The summed E-state index contributed by atoms with van der Waals surface area (Å²) >= 11 is 0. The van der Waals surface area contributed by atoms with Gasteiger partial charge >= 0.3 is 0 Å². The van der Waals surface area contributed by atoms with E-state index < -0.39 is 6.10 Å². The van der Waals surface area contributed by atoms with Crippen molar-refractivity contribution in [1.82, 2.24) is 20.1 Å². The van der Waals surface area contributed by atoms with Crippen molar-refractivity contribution in [2.24, 2.45) is 7.05 Å². The highest BCUT2D eigenvalue weighted by Gasteiger charge is 2.15. The van der Waals surface area contributed by atoms with Gasteiger partial charge in [0.2, 0.25) is 0 Å². The van der Waals surface area contributed by atoms with E-state index in [1.54, 1.807) is 24.0 Å². The minimum atomic E-state index is -0.574. The Kier molecular flexibility index (Phi) is 5.09. The lowest BCUT2D eigenvalue weighted by Gasteiger charge is -2.14. The van der Waals surface area contributed by atoms with Crippen LogP contribution < -0.4 is 10.1 Å². The van der Waals surface area contributed by atoms with Gasteiger partial charge in [0, 0.05) is 25.0 Å². The molecule has 2 heterocycles. The molecule has 128 valence electrons. The first-order valence-electron chi connectivity index (χ1n) is 8.06. The van der Waals surface area contributed by atoms with Gasteiger partial charge in [-0.05, 0) is 37.3 Å². The molecule has 25 heavy (non-hydrogen) atoms. The highest BCUT2D eigenvalue weighted by Crippen LogP contribution is 2.17. The third-order valence-corrected chi connectivity index (χ3v) is 3.82. The lowest BCUT2D eigenvalue weighted by molar-refractivity contribution is -0.127. The number of hydrogen-bond donors (Lipinski definition) is 1. The molecule has 0 spiro atoms. The first kappa shape index (κ1) is 16.7. The summed E-state index contributed by atoms with van der Waals surface area (Å²) in [5.41, 5.74) is 2.75. The lowest BCUT2D eigenvalue weighted by atomic mass is 10.2. The Hall–Kier alpha value is -3.15. The number of rotatable bonds is 6. The summed E-state index contributed by atoms with van der Waals surface area (Å²) < 4.78 is 7.39. The number of ether oxygens (including phenoxy) is 1. The normalized spacial score (nSPS) is 11.8. The summed E-state index contributed by atoms with van der Waals surface area (Å²) in [6.07, 6.45) is 2.89. The largest absolute Gasteiger partial charge is 0.481 e. The van der Waals surface area contributed by atoms with Gasteiger partial charge in [0.05, 0.1) is 17.9 Å². The van der Waals surface area contributed by atoms with Gasteiger partial charge in [0.25, 0.3) is 5.91 Å². The molecule has 6 nitrogen and oxygen atoms in total. The smallest absolute Gasteiger partial charge is 0.261 e. The predicted octanol–water partition coefficient (Wildman–Crippen LogP) is 2.57. The second-order valence-electron chi connectivity index (χ2n) is 5.67. The number of hydrogen-bond acceptors (Lipinski definition) is 4. The summed E-state index contributed by atoms with van der Waals surface area (Å²) in [4.78, 5) is 16.2. The van der Waals surface area contributed by atoms with Gasteiger partial charge in [-0.3, -0.25) is 14.5 Å². The first-order valence-corrected chi connectivity index (χ1v) is 8.06. The second kappa shape index (κ2) is 7.61. The number of aromatic nitrogens is 3. The summed E-state index contributed by atoms with van der Waals surface area (Å²) in [7, 11) is 1.86. The highest BCUT2D eigenvalue weighted by molar-refractivity contribution is 5.80. The minimum absolute atomic E-state index is 0.171. The van der Waals surface area contributed by atoms with Crippen molar-refractivity contribution in [2.75, 3.05) is 0 Å². The maximum absolute atomic E-state index is 12.2. The van der Waals surface area contributed by atoms with Crippen molar-refractivity contribution in [3.05, 3.63) is 66.6 Å². The molecule has 0 saturated heterocycles. The number of nitrogens with one attached hydrogen (secondary N) is 1. The van der Waals surface area contributed by atoms with Crippen molar-refractivity contribution in [1.29, 1.82) is 0 Å². The molecule has 3 rings (SSSR count). The third kappa shape index (κ3) is 4.23. The van der Waals surface area contributed by atoms with Crippen LogP contribution in [0.5, 0.6) is 5.75 Å². The van der Waals surface area contributed by atoms with Crippen molar-refractivity contribution < 1.29 is 9.53 Å². The fraction of sp³-hybridized carbons (Fsp3) is 0.211. The minimum Gasteiger partial charge on any atom is -0.481 e. The molecule has 1 atom stereocenters. The molecule has 0 saturated carbocycles. The van der Waals surface area contributed by atoms with Crippen LogP contribution in [0.2, 0.25) is 0 Å². The van der Waals surface area contributed by atoms with Crippen LogP contribution in [0.1, 0.15) is 12.6 Å². The molecule has 1 aromatic carbocycles. The zero-order valence-electron chi connectivity index (χ0n) is 14.2. The molecule has 2 aromatic heterocycles. The lowest BCUT2D eigenvalue weighted by Crippen LogP contribution is -2.36. The number of pyridine rings is 1. The first-order chi connectivity index (χ1) is 12.1. The molecule has 6 heteroatoms. The molecule has 0 aliphatic carbocycles. The van der Waals surface area contributed by atoms with Crippen molar-refractivity contribution in [3.8, 4) is 17.0 Å². The van der Waals surface area contributed by atoms with Crippen LogP contribution in [0.25, 0.3) is 11.3 Å². The number of carbonyl (C=O) groups excluding carboxylic acids is 1. The number of nitrogens with zero attached hydrogens (tertiary/aromatic N) is 3. The summed E-state index contributed by atoms with van der Waals surface area (Å²) in [6.45, 7) is 2.11. The van der Waals surface area contributed by atoms with Gasteiger partial charge < -0.3 is 10.1 Å². The predicted molar refractivity (Wildman–Crippen MR) is 94.8 cm³/mol. The molecule has 0 radical (unpaired) electrons. The molecular weight excluding hydrogens is 316 g/mol. The molecule has 3 aromatic rings. The van der Waals surface area contributed by atoms with Gasteiger partial charge in [-0.15, -0.1) is 0 Å². The van der Waals surface area contributed by atoms with Crippen LogP contribution in [0.15, 0.2) is 60.9 Å². The van der Waals surface area contributed by atoms with E-state index in [-0.39, 0.29) is 5.91 Å². The van der Waals surface area contributed by atoms with Gasteiger partial charge in [-0.25, -0.2) is 0 Å². The van der Waals surface area contributed by atoms with Crippen LogP contribution in [-0.4, -0.2) is 26.8 Å².